The van der Waals surface area contributed by atoms with Crippen LogP contribution in [-0.4, -0.2) is 40.2 Å². The third-order valence-electron chi connectivity index (χ3n) is 3.10. The molecule has 1 rings (SSSR count). The van der Waals surface area contributed by atoms with Crippen LogP contribution in [0, 0.1) is 0 Å². The molecule has 1 N–H and O–H groups in total. The Morgan fingerprint density at radius 2 is 1.79 bits per heavy atom. The highest BCUT2D eigenvalue weighted by molar-refractivity contribution is 7.98. The predicted octanol–water partition coefficient (Wildman–Crippen LogP) is 2.73. The van der Waals surface area contributed by atoms with Gasteiger partial charge in [-0.1, -0.05) is 0 Å². The SMILES string of the molecule is CCN(C(=O)c1ccc(SC)cc1)C(C)(C)C(=O)O. The third kappa shape index (κ3) is 3.29. The van der Waals surface area contributed by atoms with Gasteiger partial charge < -0.3 is 10.0 Å². The Morgan fingerprint density at radius 1 is 1.26 bits per heavy atom. The summed E-state index contributed by atoms with van der Waals surface area (Å²) in [5, 5.41) is 9.22. The van der Waals surface area contributed by atoms with Crippen LogP contribution in [-0.2, 0) is 4.79 Å². The molecule has 1 aromatic carbocycles. The molecule has 0 radical (unpaired) electrons. The Hall–Kier alpha value is -1.49. The minimum Gasteiger partial charge on any atom is -0.480 e. The van der Waals surface area contributed by atoms with E-state index in [4.69, 9.17) is 0 Å². The molecule has 0 aliphatic rings. The van der Waals surface area contributed by atoms with Gasteiger partial charge in [0.05, 0.1) is 0 Å². The van der Waals surface area contributed by atoms with Crippen molar-refractivity contribution in [2.24, 2.45) is 0 Å². The summed E-state index contributed by atoms with van der Waals surface area (Å²) in [6, 6.07) is 7.18. The number of aliphatic carboxylic acids is 1. The molecule has 0 heterocycles. The van der Waals surface area contributed by atoms with Crippen LogP contribution in [0.15, 0.2) is 29.2 Å². The van der Waals surface area contributed by atoms with Crippen molar-refractivity contribution in [1.82, 2.24) is 4.90 Å². The number of hydrogen-bond donors (Lipinski definition) is 1. The fourth-order valence-corrected chi connectivity index (χ4v) is 2.21. The smallest absolute Gasteiger partial charge is 0.329 e. The number of rotatable bonds is 5. The highest BCUT2D eigenvalue weighted by Gasteiger charge is 2.37. The summed E-state index contributed by atoms with van der Waals surface area (Å²) < 4.78 is 0. The van der Waals surface area contributed by atoms with Gasteiger partial charge in [0, 0.05) is 17.0 Å². The Morgan fingerprint density at radius 3 is 2.16 bits per heavy atom. The number of nitrogens with zero attached hydrogens (tertiary/aromatic N) is 1. The number of carboxylic acids is 1. The van der Waals surface area contributed by atoms with E-state index in [0.717, 1.165) is 4.90 Å². The molecule has 0 unspecified atom stereocenters. The molecule has 0 spiro atoms. The Balaban J connectivity index is 3.04. The molecule has 0 aromatic heterocycles. The van der Waals surface area contributed by atoms with Gasteiger partial charge in [0.2, 0.25) is 0 Å². The van der Waals surface area contributed by atoms with Gasteiger partial charge in [0.1, 0.15) is 5.54 Å². The van der Waals surface area contributed by atoms with Gasteiger partial charge >= 0.3 is 5.97 Å². The molecule has 1 amide bonds. The second-order valence-corrected chi connectivity index (χ2v) is 5.52. The molecule has 19 heavy (non-hydrogen) atoms. The van der Waals surface area contributed by atoms with Gasteiger partial charge in [-0.05, 0) is 51.3 Å². The number of benzene rings is 1. The quantitative estimate of drug-likeness (QED) is 0.843. The largest absolute Gasteiger partial charge is 0.480 e. The first-order valence-electron chi connectivity index (χ1n) is 6.04. The monoisotopic (exact) mass is 281 g/mol. The summed E-state index contributed by atoms with van der Waals surface area (Å²) in [7, 11) is 0. The normalized spacial score (nSPS) is 11.2. The van der Waals surface area contributed by atoms with Crippen LogP contribution >= 0.6 is 11.8 Å². The summed E-state index contributed by atoms with van der Waals surface area (Å²) in [6.45, 7) is 5.20. The Labute approximate surface area is 117 Å². The third-order valence-corrected chi connectivity index (χ3v) is 3.84. The highest BCUT2D eigenvalue weighted by atomic mass is 32.2. The Kier molecular flexibility index (Phi) is 5.00. The molecule has 1 aromatic rings. The number of thioether (sulfide) groups is 1. The Bertz CT molecular complexity index is 468. The number of carboxylic acid groups (broad SMARTS) is 1. The van der Waals surface area contributed by atoms with Gasteiger partial charge in [-0.25, -0.2) is 4.79 Å². The summed E-state index contributed by atoms with van der Waals surface area (Å²) in [5.74, 6) is -1.27. The summed E-state index contributed by atoms with van der Waals surface area (Å²) in [5.41, 5.74) is -0.710. The van der Waals surface area contributed by atoms with Gasteiger partial charge in [-0.2, -0.15) is 0 Å². The summed E-state index contributed by atoms with van der Waals surface area (Å²) in [6.07, 6.45) is 1.96. The maximum Gasteiger partial charge on any atom is 0.329 e. The summed E-state index contributed by atoms with van der Waals surface area (Å²) >= 11 is 1.59. The molecule has 0 aliphatic carbocycles. The zero-order valence-corrected chi connectivity index (χ0v) is 12.5. The molecule has 0 aliphatic heterocycles. The maximum atomic E-state index is 12.4. The molecule has 0 saturated carbocycles. The molecule has 4 nitrogen and oxygen atoms in total. The lowest BCUT2D eigenvalue weighted by atomic mass is 10.0. The second kappa shape index (κ2) is 6.10. The van der Waals surface area contributed by atoms with Crippen molar-refractivity contribution < 1.29 is 14.7 Å². The summed E-state index contributed by atoms with van der Waals surface area (Å²) in [4.78, 5) is 26.1. The van der Waals surface area contributed by atoms with E-state index in [1.54, 1.807) is 30.8 Å². The molecule has 5 heteroatoms. The van der Waals surface area contributed by atoms with Crippen LogP contribution in [0.25, 0.3) is 0 Å². The minimum absolute atomic E-state index is 0.262. The number of amides is 1. The zero-order valence-electron chi connectivity index (χ0n) is 11.6. The average Bonchev–Trinajstić information content (AvgIpc) is 2.39. The first-order chi connectivity index (χ1) is 8.84. The van der Waals surface area contributed by atoms with E-state index in [1.165, 1.54) is 18.7 Å². The number of carbonyl (C=O) groups excluding carboxylic acids is 1. The van der Waals surface area contributed by atoms with Crippen LogP contribution in [0.5, 0.6) is 0 Å². The van der Waals surface area contributed by atoms with Crippen molar-refractivity contribution in [3.8, 4) is 0 Å². The van der Waals surface area contributed by atoms with Crippen LogP contribution in [0.1, 0.15) is 31.1 Å². The minimum atomic E-state index is -1.22. The molecule has 0 bridgehead atoms. The van der Waals surface area contributed by atoms with E-state index in [1.807, 2.05) is 18.4 Å². The highest BCUT2D eigenvalue weighted by Crippen LogP contribution is 2.20. The van der Waals surface area contributed by atoms with E-state index in [-0.39, 0.29) is 5.91 Å². The van der Waals surface area contributed by atoms with Crippen molar-refractivity contribution in [3.05, 3.63) is 29.8 Å². The average molecular weight is 281 g/mol. The zero-order chi connectivity index (χ0) is 14.6. The van der Waals surface area contributed by atoms with Crippen LogP contribution < -0.4 is 0 Å². The van der Waals surface area contributed by atoms with Gasteiger partial charge in [-0.15, -0.1) is 11.8 Å². The van der Waals surface area contributed by atoms with Crippen molar-refractivity contribution in [3.63, 3.8) is 0 Å². The first kappa shape index (κ1) is 15.6. The fraction of sp³-hybridized carbons (Fsp3) is 0.429. The lowest BCUT2D eigenvalue weighted by Crippen LogP contribution is -2.52. The van der Waals surface area contributed by atoms with Crippen molar-refractivity contribution >= 4 is 23.6 Å². The molecular formula is C14H19NO3S. The van der Waals surface area contributed by atoms with Crippen LogP contribution in [0.3, 0.4) is 0 Å². The fourth-order valence-electron chi connectivity index (χ4n) is 1.80. The van der Waals surface area contributed by atoms with Crippen molar-refractivity contribution in [2.75, 3.05) is 12.8 Å². The first-order valence-corrected chi connectivity index (χ1v) is 7.26. The maximum absolute atomic E-state index is 12.4. The number of likely N-dealkylation sites (N-methyl/N-ethyl adjacent to an activating group) is 1. The van der Waals surface area contributed by atoms with E-state index in [2.05, 4.69) is 0 Å². The van der Waals surface area contributed by atoms with Gasteiger partial charge in [0.25, 0.3) is 5.91 Å². The molecular weight excluding hydrogens is 262 g/mol. The molecule has 0 fully saturated rings. The van der Waals surface area contributed by atoms with Gasteiger partial charge in [-0.3, -0.25) is 4.79 Å². The number of hydrogen-bond acceptors (Lipinski definition) is 3. The van der Waals surface area contributed by atoms with E-state index < -0.39 is 11.5 Å². The number of carbonyl (C=O) groups is 2. The second-order valence-electron chi connectivity index (χ2n) is 4.64. The van der Waals surface area contributed by atoms with Crippen molar-refractivity contribution in [1.29, 1.82) is 0 Å². The van der Waals surface area contributed by atoms with Crippen LogP contribution in [0.2, 0.25) is 0 Å². The van der Waals surface area contributed by atoms with E-state index in [9.17, 15) is 14.7 Å². The van der Waals surface area contributed by atoms with Crippen LogP contribution in [0.4, 0.5) is 0 Å². The molecule has 0 saturated heterocycles. The molecule has 104 valence electrons. The van der Waals surface area contributed by atoms with Gasteiger partial charge in [0.15, 0.2) is 0 Å². The van der Waals surface area contributed by atoms with E-state index in [0.29, 0.717) is 12.1 Å². The van der Waals surface area contributed by atoms with Crippen molar-refractivity contribution in [2.45, 2.75) is 31.2 Å². The lowest BCUT2D eigenvalue weighted by molar-refractivity contribution is -0.147. The predicted molar refractivity (Wildman–Crippen MR) is 76.6 cm³/mol. The standard InChI is InChI=1S/C14H19NO3S/c1-5-15(14(2,3)13(17)18)12(16)10-6-8-11(19-4)9-7-10/h6-9H,5H2,1-4H3,(H,17,18). The molecule has 0 atom stereocenters. The lowest BCUT2D eigenvalue weighted by Gasteiger charge is -2.34. The topological polar surface area (TPSA) is 57.6 Å². The van der Waals surface area contributed by atoms with E-state index >= 15 is 0 Å².